The van der Waals surface area contributed by atoms with Crippen molar-refractivity contribution in [3.8, 4) is 0 Å². The van der Waals surface area contributed by atoms with Gasteiger partial charge in [-0.2, -0.15) is 0 Å². The molecular formula is C13H21N3O2. The third kappa shape index (κ3) is 3.70. The number of Topliss-reactive ketones (excluding diaryl/α,β-unsaturated/α-hetero) is 1. The number of carbonyl (C=O) groups excluding carboxylic acids is 2. The van der Waals surface area contributed by atoms with Crippen LogP contribution in [0.4, 0.5) is 0 Å². The fraction of sp³-hybridized carbons (Fsp3) is 0.538. The second kappa shape index (κ2) is 5.35. The van der Waals surface area contributed by atoms with Gasteiger partial charge in [0.1, 0.15) is 0 Å². The van der Waals surface area contributed by atoms with E-state index in [1.165, 1.54) is 0 Å². The predicted octanol–water partition coefficient (Wildman–Crippen LogP) is 0.664. The maximum absolute atomic E-state index is 11.9. The summed E-state index contributed by atoms with van der Waals surface area (Å²) in [6, 6.07) is 3.38. The minimum Gasteiger partial charge on any atom is -0.348 e. The highest BCUT2D eigenvalue weighted by molar-refractivity contribution is 6.42. The summed E-state index contributed by atoms with van der Waals surface area (Å²) in [5.41, 5.74) is -0.0466. The first-order chi connectivity index (χ1) is 8.23. The van der Waals surface area contributed by atoms with E-state index in [1.807, 2.05) is 32.8 Å². The minimum absolute atomic E-state index is 0.396. The van der Waals surface area contributed by atoms with Gasteiger partial charge in [-0.3, -0.25) is 9.59 Å². The molecule has 1 aromatic rings. The van der Waals surface area contributed by atoms with E-state index in [0.717, 1.165) is 0 Å². The molecule has 18 heavy (non-hydrogen) atoms. The fourth-order valence-corrected chi connectivity index (χ4v) is 2.01. The molecule has 5 nitrogen and oxygen atoms in total. The first-order valence-corrected chi connectivity index (χ1v) is 5.86. The smallest absolute Gasteiger partial charge is 0.294 e. The Morgan fingerprint density at radius 1 is 1.39 bits per heavy atom. The normalized spacial score (nSPS) is 11.7. The van der Waals surface area contributed by atoms with Gasteiger partial charge < -0.3 is 14.8 Å². The van der Waals surface area contributed by atoms with Gasteiger partial charge in [-0.1, -0.05) is 0 Å². The van der Waals surface area contributed by atoms with Crippen LogP contribution in [0.15, 0.2) is 18.3 Å². The molecule has 0 unspecified atom stereocenters. The van der Waals surface area contributed by atoms with Crippen molar-refractivity contribution in [3.63, 3.8) is 0 Å². The molecule has 1 heterocycles. The Morgan fingerprint density at radius 3 is 2.44 bits per heavy atom. The highest BCUT2D eigenvalue weighted by atomic mass is 16.2. The van der Waals surface area contributed by atoms with Crippen LogP contribution < -0.4 is 5.32 Å². The third-order valence-corrected chi connectivity index (χ3v) is 2.55. The Balaban J connectivity index is 2.72. The number of amides is 1. The Bertz CT molecular complexity index is 447. The van der Waals surface area contributed by atoms with Crippen LogP contribution in [0, 0.1) is 0 Å². The molecule has 1 N–H and O–H groups in total. The fourth-order valence-electron chi connectivity index (χ4n) is 2.01. The van der Waals surface area contributed by atoms with Crippen LogP contribution in [-0.2, 0) is 11.8 Å². The van der Waals surface area contributed by atoms with Crippen LogP contribution in [0.5, 0.6) is 0 Å². The van der Waals surface area contributed by atoms with Gasteiger partial charge >= 0.3 is 0 Å². The maximum Gasteiger partial charge on any atom is 0.294 e. The lowest BCUT2D eigenvalue weighted by atomic mass is 10.0. The molecule has 0 aliphatic rings. The first kappa shape index (κ1) is 14.4. The molecule has 0 bridgehead atoms. The molecule has 0 aromatic carbocycles. The molecule has 1 aromatic heterocycles. The summed E-state index contributed by atoms with van der Waals surface area (Å²) >= 11 is 0. The van der Waals surface area contributed by atoms with Crippen molar-refractivity contribution in [2.45, 2.75) is 19.4 Å². The van der Waals surface area contributed by atoms with Crippen molar-refractivity contribution < 1.29 is 9.59 Å². The number of nitrogens with one attached hydrogen (secondary N) is 1. The summed E-state index contributed by atoms with van der Waals surface area (Å²) in [4.78, 5) is 25.8. The molecule has 0 aliphatic carbocycles. The van der Waals surface area contributed by atoms with E-state index in [-0.39, 0.29) is 0 Å². The molecule has 0 saturated carbocycles. The van der Waals surface area contributed by atoms with Crippen LogP contribution in [0.2, 0.25) is 0 Å². The Morgan fingerprint density at radius 2 is 2.00 bits per heavy atom. The second-order valence-electron chi connectivity index (χ2n) is 5.41. The lowest BCUT2D eigenvalue weighted by Crippen LogP contribution is -2.52. The Labute approximate surface area is 108 Å². The number of hydrogen-bond acceptors (Lipinski definition) is 3. The lowest BCUT2D eigenvalue weighted by molar-refractivity contribution is -0.118. The molecule has 0 saturated heterocycles. The van der Waals surface area contributed by atoms with E-state index >= 15 is 0 Å². The molecule has 0 aliphatic heterocycles. The summed E-state index contributed by atoms with van der Waals surface area (Å²) < 4.78 is 1.64. The average Bonchev–Trinajstić information content (AvgIpc) is 2.60. The van der Waals surface area contributed by atoms with E-state index in [4.69, 9.17) is 0 Å². The van der Waals surface area contributed by atoms with Gasteiger partial charge in [0.15, 0.2) is 0 Å². The van der Waals surface area contributed by atoms with Crippen LogP contribution in [0.25, 0.3) is 0 Å². The van der Waals surface area contributed by atoms with Gasteiger partial charge in [-0.15, -0.1) is 0 Å². The molecule has 0 fully saturated rings. The Hall–Kier alpha value is -1.62. The van der Waals surface area contributed by atoms with Gasteiger partial charge in [0, 0.05) is 25.3 Å². The van der Waals surface area contributed by atoms with E-state index in [0.29, 0.717) is 12.2 Å². The molecule has 1 rings (SSSR count). The standard InChI is InChI=1S/C13H21N3O2/c1-13(2,9-15(3)4)14-12(18)11(17)10-7-6-8-16(10)5/h6-8H,9H2,1-5H3,(H,14,18). The van der Waals surface area contributed by atoms with Gasteiger partial charge in [0.05, 0.1) is 5.69 Å². The summed E-state index contributed by atoms with van der Waals surface area (Å²) in [6.07, 6.45) is 1.74. The van der Waals surface area contributed by atoms with E-state index in [2.05, 4.69) is 5.32 Å². The van der Waals surface area contributed by atoms with Crippen LogP contribution in [0.3, 0.4) is 0 Å². The zero-order valence-electron chi connectivity index (χ0n) is 11.7. The highest BCUT2D eigenvalue weighted by Crippen LogP contribution is 2.06. The highest BCUT2D eigenvalue weighted by Gasteiger charge is 2.26. The van der Waals surface area contributed by atoms with Crippen molar-refractivity contribution in [3.05, 3.63) is 24.0 Å². The van der Waals surface area contributed by atoms with Crippen molar-refractivity contribution in [1.29, 1.82) is 0 Å². The number of likely N-dealkylation sites (N-methyl/N-ethyl adjacent to an activating group) is 1. The first-order valence-electron chi connectivity index (χ1n) is 5.86. The van der Waals surface area contributed by atoms with E-state index in [9.17, 15) is 9.59 Å². The third-order valence-electron chi connectivity index (χ3n) is 2.55. The van der Waals surface area contributed by atoms with Crippen LogP contribution in [-0.4, -0.2) is 47.3 Å². The Kier molecular flexibility index (Phi) is 4.29. The largest absolute Gasteiger partial charge is 0.348 e. The summed E-state index contributed by atoms with van der Waals surface area (Å²) in [5.74, 6) is -1.07. The number of carbonyl (C=O) groups is 2. The van der Waals surface area contributed by atoms with Gasteiger partial charge in [-0.05, 0) is 40.1 Å². The summed E-state index contributed by atoms with van der Waals surface area (Å²) in [5, 5.41) is 2.76. The summed E-state index contributed by atoms with van der Waals surface area (Å²) in [7, 11) is 5.59. The van der Waals surface area contributed by atoms with Gasteiger partial charge in [0.25, 0.3) is 11.7 Å². The molecule has 0 atom stereocenters. The maximum atomic E-state index is 11.9. The van der Waals surface area contributed by atoms with Crippen molar-refractivity contribution in [2.75, 3.05) is 20.6 Å². The minimum atomic E-state index is -0.566. The van der Waals surface area contributed by atoms with Gasteiger partial charge in [0.2, 0.25) is 0 Å². The van der Waals surface area contributed by atoms with Crippen LogP contribution in [0.1, 0.15) is 24.3 Å². The van der Waals surface area contributed by atoms with Crippen molar-refractivity contribution >= 4 is 11.7 Å². The molecule has 5 heteroatoms. The van der Waals surface area contributed by atoms with E-state index in [1.54, 1.807) is 29.9 Å². The molecule has 0 spiro atoms. The number of rotatable bonds is 5. The zero-order valence-corrected chi connectivity index (χ0v) is 11.7. The summed E-state index contributed by atoms with van der Waals surface area (Å²) in [6.45, 7) is 4.45. The number of ketones is 1. The van der Waals surface area contributed by atoms with Crippen molar-refractivity contribution in [1.82, 2.24) is 14.8 Å². The van der Waals surface area contributed by atoms with Crippen molar-refractivity contribution in [2.24, 2.45) is 7.05 Å². The molecule has 0 radical (unpaired) electrons. The second-order valence-corrected chi connectivity index (χ2v) is 5.41. The lowest BCUT2D eigenvalue weighted by Gasteiger charge is -2.29. The number of aromatic nitrogens is 1. The van der Waals surface area contributed by atoms with E-state index < -0.39 is 17.2 Å². The quantitative estimate of drug-likeness (QED) is 0.618. The monoisotopic (exact) mass is 251 g/mol. The number of nitrogens with zero attached hydrogens (tertiary/aromatic N) is 2. The molecule has 100 valence electrons. The zero-order chi connectivity index (χ0) is 13.9. The molecule has 1 amide bonds. The number of hydrogen-bond donors (Lipinski definition) is 1. The molecular weight excluding hydrogens is 230 g/mol. The topological polar surface area (TPSA) is 54.3 Å². The average molecular weight is 251 g/mol. The van der Waals surface area contributed by atoms with Crippen LogP contribution >= 0.6 is 0 Å². The SMILES string of the molecule is CN(C)CC(C)(C)NC(=O)C(=O)c1cccn1C. The predicted molar refractivity (Wildman–Crippen MR) is 70.5 cm³/mol. The van der Waals surface area contributed by atoms with Gasteiger partial charge in [-0.25, -0.2) is 0 Å². The number of aryl methyl sites for hydroxylation is 1.